The van der Waals surface area contributed by atoms with Crippen LogP contribution in [-0.2, 0) is 11.3 Å². The van der Waals surface area contributed by atoms with Gasteiger partial charge < -0.3 is 19.5 Å². The zero-order valence-corrected chi connectivity index (χ0v) is 17.6. The topological polar surface area (TPSA) is 83.2 Å². The molecule has 30 heavy (non-hydrogen) atoms. The molecule has 3 unspecified atom stereocenters. The molecular weight excluding hydrogens is 378 g/mol. The Morgan fingerprint density at radius 3 is 3.10 bits per heavy atom. The fraction of sp³-hybridized carbons (Fsp3) is 0.609. The van der Waals surface area contributed by atoms with Crippen molar-refractivity contribution in [2.45, 2.75) is 51.2 Å². The minimum Gasteiger partial charge on any atom is -0.441 e. The van der Waals surface area contributed by atoms with Gasteiger partial charge in [-0.3, -0.25) is 0 Å². The fourth-order valence-electron chi connectivity index (χ4n) is 5.66. The number of amides is 1. The van der Waals surface area contributed by atoms with Crippen LogP contribution in [0, 0.1) is 22.7 Å². The van der Waals surface area contributed by atoms with Crippen LogP contribution in [0.3, 0.4) is 0 Å². The third-order valence-corrected chi connectivity index (χ3v) is 7.18. The molecule has 1 aromatic carbocycles. The highest BCUT2D eigenvalue weighted by Crippen LogP contribution is 2.41. The lowest BCUT2D eigenvalue weighted by atomic mass is 9.77. The fourth-order valence-corrected chi connectivity index (χ4v) is 5.66. The van der Waals surface area contributed by atoms with Gasteiger partial charge in [-0.2, -0.15) is 5.26 Å². The van der Waals surface area contributed by atoms with Gasteiger partial charge in [-0.05, 0) is 68.2 Å². The summed E-state index contributed by atoms with van der Waals surface area (Å²) < 4.78 is 8.18. The van der Waals surface area contributed by atoms with Crippen LogP contribution in [0.5, 0.6) is 0 Å². The first kappa shape index (κ1) is 19.4. The van der Waals surface area contributed by atoms with E-state index >= 15 is 0 Å². The van der Waals surface area contributed by atoms with E-state index in [0.717, 1.165) is 69.3 Å². The van der Waals surface area contributed by atoms with Crippen molar-refractivity contribution in [3.63, 3.8) is 0 Å². The summed E-state index contributed by atoms with van der Waals surface area (Å²) in [5.74, 6) is 0.429. The minimum absolute atomic E-state index is 0.143. The lowest BCUT2D eigenvalue weighted by Crippen LogP contribution is -2.43. The van der Waals surface area contributed by atoms with Gasteiger partial charge in [0.2, 0.25) is 0 Å². The normalized spacial score (nSPS) is 31.4. The Balaban J connectivity index is 1.29. The summed E-state index contributed by atoms with van der Waals surface area (Å²) in [6, 6.07) is 7.84. The first-order valence-corrected chi connectivity index (χ1v) is 11.0. The Kier molecular flexibility index (Phi) is 4.70. The number of hydrogen-bond donors (Lipinski definition) is 1. The maximum atomic E-state index is 12.7. The minimum atomic E-state index is -0.351. The van der Waals surface area contributed by atoms with Gasteiger partial charge in [-0.1, -0.05) is 6.92 Å². The molecule has 0 radical (unpaired) electrons. The van der Waals surface area contributed by atoms with E-state index in [4.69, 9.17) is 4.74 Å². The predicted octanol–water partition coefficient (Wildman–Crippen LogP) is 3.29. The molecule has 158 valence electrons. The van der Waals surface area contributed by atoms with Crippen molar-refractivity contribution >= 4 is 17.1 Å². The molecule has 2 saturated heterocycles. The third kappa shape index (κ3) is 3.54. The second-order valence-electron chi connectivity index (χ2n) is 9.82. The lowest BCUT2D eigenvalue weighted by Gasteiger charge is -2.36. The molecule has 3 atom stereocenters. The van der Waals surface area contributed by atoms with E-state index in [2.05, 4.69) is 27.9 Å². The molecule has 5 rings (SSSR count). The van der Waals surface area contributed by atoms with Crippen LogP contribution in [0.15, 0.2) is 24.5 Å². The number of nitrogens with zero attached hydrogens (tertiary/aromatic N) is 4. The standard InChI is InChI=1S/C23H29N5O2/c1-22(7-8-25-13-22)14-28-15-23(30-21(28)29)6-2-3-18(10-23)12-27-16-26-19-5-4-17(11-24)9-20(19)27/h4-5,9,16,18,25H,2-3,6-8,10,12-15H2,1H3. The second-order valence-corrected chi connectivity index (χ2v) is 9.82. The molecule has 0 bridgehead atoms. The summed E-state index contributed by atoms with van der Waals surface area (Å²) in [6.07, 6.45) is 6.86. The highest BCUT2D eigenvalue weighted by molar-refractivity contribution is 5.77. The molecule has 1 saturated carbocycles. The summed E-state index contributed by atoms with van der Waals surface area (Å²) in [6.45, 7) is 6.57. The van der Waals surface area contributed by atoms with Crippen LogP contribution in [0.4, 0.5) is 4.79 Å². The lowest BCUT2D eigenvalue weighted by molar-refractivity contribution is 0.00412. The van der Waals surface area contributed by atoms with E-state index in [1.165, 1.54) is 0 Å². The van der Waals surface area contributed by atoms with Crippen LogP contribution < -0.4 is 5.32 Å². The second kappa shape index (κ2) is 7.28. The molecule has 1 spiro atoms. The van der Waals surface area contributed by atoms with Crippen molar-refractivity contribution in [1.29, 1.82) is 5.26 Å². The quantitative estimate of drug-likeness (QED) is 0.841. The number of ether oxygens (including phenoxy) is 1. The number of carbonyl (C=O) groups is 1. The van der Waals surface area contributed by atoms with Crippen molar-refractivity contribution < 1.29 is 9.53 Å². The van der Waals surface area contributed by atoms with Gasteiger partial charge in [0.05, 0.1) is 35.5 Å². The number of benzene rings is 1. The van der Waals surface area contributed by atoms with Crippen molar-refractivity contribution in [1.82, 2.24) is 19.8 Å². The average Bonchev–Trinajstić information content (AvgIpc) is 3.40. The Morgan fingerprint density at radius 1 is 1.40 bits per heavy atom. The third-order valence-electron chi connectivity index (χ3n) is 7.18. The molecule has 7 heteroatoms. The van der Waals surface area contributed by atoms with Crippen LogP contribution in [0.2, 0.25) is 0 Å². The number of hydrogen-bond acceptors (Lipinski definition) is 5. The van der Waals surface area contributed by atoms with E-state index < -0.39 is 0 Å². The zero-order chi connectivity index (χ0) is 20.8. The largest absolute Gasteiger partial charge is 0.441 e. The summed E-state index contributed by atoms with van der Waals surface area (Å²) in [7, 11) is 0. The molecule has 3 fully saturated rings. The number of rotatable bonds is 4. The summed E-state index contributed by atoms with van der Waals surface area (Å²) in [5.41, 5.74) is 2.36. The van der Waals surface area contributed by atoms with Gasteiger partial charge in [0.15, 0.2) is 0 Å². The summed E-state index contributed by atoms with van der Waals surface area (Å²) in [5, 5.41) is 12.6. The average molecular weight is 408 g/mol. The van der Waals surface area contributed by atoms with Gasteiger partial charge in [0, 0.05) is 19.6 Å². The molecule has 3 aliphatic rings. The Hall–Kier alpha value is -2.59. The molecule has 2 aliphatic heterocycles. The number of fused-ring (bicyclic) bond motifs is 1. The zero-order valence-electron chi connectivity index (χ0n) is 17.6. The van der Waals surface area contributed by atoms with Gasteiger partial charge in [-0.15, -0.1) is 0 Å². The highest BCUT2D eigenvalue weighted by Gasteiger charge is 2.49. The molecule has 1 N–H and O–H groups in total. The molecular formula is C23H29N5O2. The van der Waals surface area contributed by atoms with Crippen molar-refractivity contribution in [3.8, 4) is 6.07 Å². The van der Waals surface area contributed by atoms with Crippen molar-refractivity contribution in [3.05, 3.63) is 30.1 Å². The number of nitriles is 1. The number of imidazole rings is 1. The van der Waals surface area contributed by atoms with E-state index in [9.17, 15) is 10.1 Å². The molecule has 7 nitrogen and oxygen atoms in total. The maximum Gasteiger partial charge on any atom is 0.410 e. The van der Waals surface area contributed by atoms with Gasteiger partial charge >= 0.3 is 6.09 Å². The van der Waals surface area contributed by atoms with Gasteiger partial charge in [0.1, 0.15) is 5.60 Å². The maximum absolute atomic E-state index is 12.7. The Bertz CT molecular complexity index is 1000. The van der Waals surface area contributed by atoms with Crippen LogP contribution in [0.1, 0.15) is 44.6 Å². The predicted molar refractivity (Wildman–Crippen MR) is 113 cm³/mol. The van der Waals surface area contributed by atoms with Crippen molar-refractivity contribution in [2.24, 2.45) is 11.3 Å². The number of carbonyl (C=O) groups excluding carboxylic acids is 1. The van der Waals surface area contributed by atoms with Crippen LogP contribution in [-0.4, -0.2) is 52.3 Å². The van der Waals surface area contributed by atoms with Gasteiger partial charge in [0.25, 0.3) is 0 Å². The van der Waals surface area contributed by atoms with E-state index in [1.54, 1.807) is 0 Å². The first-order valence-electron chi connectivity index (χ1n) is 11.0. The summed E-state index contributed by atoms with van der Waals surface area (Å²) >= 11 is 0. The smallest absolute Gasteiger partial charge is 0.410 e. The molecule has 1 aliphatic carbocycles. The Labute approximate surface area is 177 Å². The molecule has 2 aromatic rings. The van der Waals surface area contributed by atoms with Gasteiger partial charge in [-0.25, -0.2) is 9.78 Å². The van der Waals surface area contributed by atoms with Crippen molar-refractivity contribution in [2.75, 3.05) is 26.2 Å². The number of aromatic nitrogens is 2. The summed E-state index contributed by atoms with van der Waals surface area (Å²) in [4.78, 5) is 19.1. The molecule has 1 aromatic heterocycles. The van der Waals surface area contributed by atoms with Crippen LogP contribution >= 0.6 is 0 Å². The van der Waals surface area contributed by atoms with E-state index in [0.29, 0.717) is 18.0 Å². The van der Waals surface area contributed by atoms with E-state index in [1.807, 2.05) is 29.4 Å². The molecule has 1 amide bonds. The SMILES string of the molecule is CC1(CN2CC3(CCCC(Cn4cnc5ccc(C#N)cc54)C3)OC2=O)CCNC1. The first-order chi connectivity index (χ1) is 14.5. The monoisotopic (exact) mass is 407 g/mol. The molecule has 3 heterocycles. The Morgan fingerprint density at radius 2 is 2.30 bits per heavy atom. The highest BCUT2D eigenvalue weighted by atomic mass is 16.6. The van der Waals surface area contributed by atoms with Crippen LogP contribution in [0.25, 0.3) is 11.0 Å². The number of nitrogens with one attached hydrogen (secondary N) is 1. The van der Waals surface area contributed by atoms with E-state index in [-0.39, 0.29) is 17.1 Å².